The minimum atomic E-state index is 0.236. The molecule has 0 aromatic carbocycles. The summed E-state index contributed by atoms with van der Waals surface area (Å²) < 4.78 is 0. The number of rotatable bonds is 2. The smallest absolute Gasteiger partial charge is 0.227 e. The molecule has 2 bridgehead atoms. The Morgan fingerprint density at radius 2 is 2.15 bits per heavy atom. The molecular formula is C14H20N4OS. The number of carbonyl (C=O) groups excluding carboxylic acids is 1. The predicted octanol–water partition coefficient (Wildman–Crippen LogP) is 0.932. The number of piperazine rings is 1. The summed E-state index contributed by atoms with van der Waals surface area (Å²) in [4.78, 5) is 21.3. The molecule has 3 atom stereocenters. The van der Waals surface area contributed by atoms with Gasteiger partial charge >= 0.3 is 0 Å². The standard InChI is InChI=1S/C14H20N4OS/c19-13(11-9-10-1-2-12(11)16-10)17-4-6-18(7-5-17)14-15-3-8-20-14/h3,8,10-12,16H,1-2,4-7,9H2. The molecule has 1 amide bonds. The molecule has 3 saturated heterocycles. The Morgan fingerprint density at radius 1 is 1.30 bits per heavy atom. The van der Waals surface area contributed by atoms with Crippen LogP contribution in [0.3, 0.4) is 0 Å². The average Bonchev–Trinajstić information content (AvgIpc) is 3.23. The molecule has 3 unspecified atom stereocenters. The third kappa shape index (κ3) is 2.11. The average molecular weight is 292 g/mol. The third-order valence-corrected chi connectivity index (χ3v) is 5.73. The van der Waals surface area contributed by atoms with Crippen molar-refractivity contribution in [1.29, 1.82) is 0 Å². The normalized spacial score (nSPS) is 32.9. The van der Waals surface area contributed by atoms with Crippen LogP contribution in [0.25, 0.3) is 0 Å². The number of nitrogens with one attached hydrogen (secondary N) is 1. The van der Waals surface area contributed by atoms with E-state index < -0.39 is 0 Å². The van der Waals surface area contributed by atoms with E-state index in [9.17, 15) is 4.79 Å². The van der Waals surface area contributed by atoms with Crippen LogP contribution in [-0.4, -0.2) is 54.1 Å². The number of hydrogen-bond acceptors (Lipinski definition) is 5. The van der Waals surface area contributed by atoms with Crippen LogP contribution in [0.5, 0.6) is 0 Å². The van der Waals surface area contributed by atoms with Crippen molar-refractivity contribution in [1.82, 2.24) is 15.2 Å². The molecule has 20 heavy (non-hydrogen) atoms. The van der Waals surface area contributed by atoms with Gasteiger partial charge in [0, 0.05) is 49.8 Å². The first-order valence-corrected chi connectivity index (χ1v) is 8.38. The van der Waals surface area contributed by atoms with Crippen molar-refractivity contribution >= 4 is 22.4 Å². The molecule has 3 aliphatic heterocycles. The van der Waals surface area contributed by atoms with Crippen molar-refractivity contribution in [3.63, 3.8) is 0 Å². The SMILES string of the molecule is O=C(C1CC2CCC1N2)N1CCN(c2nccs2)CC1. The number of hydrogen-bond donors (Lipinski definition) is 1. The fourth-order valence-electron chi connectivity index (χ4n) is 3.82. The molecule has 108 valence electrons. The van der Waals surface area contributed by atoms with E-state index in [1.165, 1.54) is 12.8 Å². The van der Waals surface area contributed by atoms with Gasteiger partial charge in [-0.05, 0) is 19.3 Å². The van der Waals surface area contributed by atoms with Gasteiger partial charge in [-0.15, -0.1) is 11.3 Å². The van der Waals surface area contributed by atoms with Crippen molar-refractivity contribution in [3.05, 3.63) is 11.6 Å². The molecule has 1 N–H and O–H groups in total. The summed E-state index contributed by atoms with van der Waals surface area (Å²) in [5, 5.41) is 6.65. The zero-order valence-electron chi connectivity index (χ0n) is 11.5. The van der Waals surface area contributed by atoms with Crippen LogP contribution in [0.1, 0.15) is 19.3 Å². The zero-order chi connectivity index (χ0) is 13.5. The molecule has 3 fully saturated rings. The molecular weight excluding hydrogens is 272 g/mol. The highest BCUT2D eigenvalue weighted by Crippen LogP contribution is 2.34. The predicted molar refractivity (Wildman–Crippen MR) is 79.0 cm³/mol. The maximum absolute atomic E-state index is 12.6. The van der Waals surface area contributed by atoms with Gasteiger partial charge in [0.05, 0.1) is 5.92 Å². The molecule has 0 spiro atoms. The maximum Gasteiger partial charge on any atom is 0.227 e. The number of nitrogens with zero attached hydrogens (tertiary/aromatic N) is 3. The van der Waals surface area contributed by atoms with E-state index in [0.717, 1.165) is 37.7 Å². The summed E-state index contributed by atoms with van der Waals surface area (Å²) >= 11 is 1.68. The molecule has 3 aliphatic rings. The summed E-state index contributed by atoms with van der Waals surface area (Å²) in [5.74, 6) is 0.614. The Morgan fingerprint density at radius 3 is 2.75 bits per heavy atom. The number of fused-ring (bicyclic) bond motifs is 2. The molecule has 0 saturated carbocycles. The van der Waals surface area contributed by atoms with Gasteiger partial charge in [0.2, 0.25) is 5.91 Å². The Balaban J connectivity index is 1.36. The van der Waals surface area contributed by atoms with Crippen LogP contribution < -0.4 is 10.2 Å². The van der Waals surface area contributed by atoms with Crippen molar-refractivity contribution in [3.8, 4) is 0 Å². The topological polar surface area (TPSA) is 48.5 Å². The van der Waals surface area contributed by atoms with E-state index in [-0.39, 0.29) is 5.92 Å². The Hall–Kier alpha value is -1.14. The minimum Gasteiger partial charge on any atom is -0.345 e. The Kier molecular flexibility index (Phi) is 3.15. The minimum absolute atomic E-state index is 0.236. The van der Waals surface area contributed by atoms with Crippen LogP contribution in [0.4, 0.5) is 5.13 Å². The molecule has 4 heterocycles. The highest BCUT2D eigenvalue weighted by molar-refractivity contribution is 7.13. The second kappa shape index (κ2) is 5.00. The summed E-state index contributed by atoms with van der Waals surface area (Å²) in [5.41, 5.74) is 0. The lowest BCUT2D eigenvalue weighted by Crippen LogP contribution is -2.51. The zero-order valence-corrected chi connectivity index (χ0v) is 12.3. The summed E-state index contributed by atoms with van der Waals surface area (Å²) in [6, 6.07) is 1.05. The van der Waals surface area contributed by atoms with Gasteiger partial charge in [-0.3, -0.25) is 4.79 Å². The van der Waals surface area contributed by atoms with Crippen LogP contribution >= 0.6 is 11.3 Å². The van der Waals surface area contributed by atoms with Crippen molar-refractivity contribution in [2.75, 3.05) is 31.1 Å². The lowest BCUT2D eigenvalue weighted by Gasteiger charge is -2.36. The van der Waals surface area contributed by atoms with Crippen molar-refractivity contribution in [2.24, 2.45) is 5.92 Å². The van der Waals surface area contributed by atoms with Gasteiger partial charge in [-0.1, -0.05) is 0 Å². The van der Waals surface area contributed by atoms with Gasteiger partial charge < -0.3 is 15.1 Å². The second-order valence-corrected chi connectivity index (χ2v) is 6.89. The first-order valence-electron chi connectivity index (χ1n) is 7.50. The highest BCUT2D eigenvalue weighted by atomic mass is 32.1. The van der Waals surface area contributed by atoms with Gasteiger partial charge in [-0.2, -0.15) is 0 Å². The summed E-state index contributed by atoms with van der Waals surface area (Å²) in [6.45, 7) is 3.50. The number of amides is 1. The van der Waals surface area contributed by atoms with Crippen LogP contribution in [0.2, 0.25) is 0 Å². The van der Waals surface area contributed by atoms with E-state index in [2.05, 4.69) is 20.1 Å². The largest absolute Gasteiger partial charge is 0.345 e. The Bertz CT molecular complexity index is 483. The first kappa shape index (κ1) is 12.6. The van der Waals surface area contributed by atoms with E-state index >= 15 is 0 Å². The molecule has 1 aromatic rings. The quantitative estimate of drug-likeness (QED) is 0.881. The van der Waals surface area contributed by atoms with Crippen molar-refractivity contribution < 1.29 is 4.79 Å². The third-order valence-electron chi connectivity index (χ3n) is 4.90. The second-order valence-electron chi connectivity index (χ2n) is 6.02. The van der Waals surface area contributed by atoms with E-state index in [1.807, 2.05) is 11.6 Å². The van der Waals surface area contributed by atoms with Gasteiger partial charge in [-0.25, -0.2) is 4.98 Å². The Labute approximate surface area is 123 Å². The molecule has 1 aromatic heterocycles. The summed E-state index contributed by atoms with van der Waals surface area (Å²) in [6.07, 6.45) is 5.33. The maximum atomic E-state index is 12.6. The number of aromatic nitrogens is 1. The monoisotopic (exact) mass is 292 g/mol. The number of anilines is 1. The lowest BCUT2D eigenvalue weighted by atomic mass is 9.88. The van der Waals surface area contributed by atoms with Gasteiger partial charge in [0.15, 0.2) is 5.13 Å². The van der Waals surface area contributed by atoms with E-state index in [1.54, 1.807) is 11.3 Å². The fraction of sp³-hybridized carbons (Fsp3) is 0.714. The van der Waals surface area contributed by atoms with Gasteiger partial charge in [0.1, 0.15) is 0 Å². The summed E-state index contributed by atoms with van der Waals surface area (Å²) in [7, 11) is 0. The molecule has 5 nitrogen and oxygen atoms in total. The molecule has 0 radical (unpaired) electrons. The molecule has 4 rings (SSSR count). The van der Waals surface area contributed by atoms with Gasteiger partial charge in [0.25, 0.3) is 0 Å². The van der Waals surface area contributed by atoms with Crippen LogP contribution in [0, 0.1) is 5.92 Å². The fourth-order valence-corrected chi connectivity index (χ4v) is 4.52. The first-order chi connectivity index (χ1) is 9.81. The molecule has 0 aliphatic carbocycles. The van der Waals surface area contributed by atoms with Crippen molar-refractivity contribution in [2.45, 2.75) is 31.3 Å². The van der Waals surface area contributed by atoms with Crippen LogP contribution in [-0.2, 0) is 4.79 Å². The number of carbonyl (C=O) groups is 1. The number of thiazole rings is 1. The van der Waals surface area contributed by atoms with Crippen LogP contribution in [0.15, 0.2) is 11.6 Å². The van der Waals surface area contributed by atoms with E-state index in [4.69, 9.17) is 0 Å². The highest BCUT2D eigenvalue weighted by Gasteiger charge is 2.44. The molecule has 6 heteroatoms. The lowest BCUT2D eigenvalue weighted by molar-refractivity contribution is -0.136. The van der Waals surface area contributed by atoms with E-state index in [0.29, 0.717) is 18.0 Å².